The number of imidazole rings is 1. The highest BCUT2D eigenvalue weighted by molar-refractivity contribution is 6.13. The van der Waals surface area contributed by atoms with Crippen molar-refractivity contribution in [2.45, 2.75) is 26.2 Å². The molecule has 8 nitrogen and oxygen atoms in total. The number of hydrogen-bond acceptors (Lipinski definition) is 4. The molecule has 9 heteroatoms. The lowest BCUT2D eigenvalue weighted by molar-refractivity contribution is -0.124. The molecule has 0 spiro atoms. The Morgan fingerprint density at radius 3 is 2.62 bits per heavy atom. The molecule has 3 N–H and O–H groups in total. The van der Waals surface area contributed by atoms with Gasteiger partial charge in [-0.05, 0) is 68.8 Å². The molecule has 0 unspecified atom stereocenters. The Bertz CT molecular complexity index is 1370. The van der Waals surface area contributed by atoms with Crippen LogP contribution in [0.4, 0.5) is 15.8 Å². The van der Waals surface area contributed by atoms with E-state index in [2.05, 4.69) is 25.5 Å². The maximum absolute atomic E-state index is 13.2. The summed E-state index contributed by atoms with van der Waals surface area (Å²) in [6.07, 6.45) is 0. The largest absolute Gasteiger partial charge is 0.337 e. The highest BCUT2D eigenvalue weighted by Gasteiger charge is 2.45. The number of aromatic nitrogens is 4. The number of H-pyrrole nitrogens is 2. The Kier molecular flexibility index (Phi) is 4.37. The normalized spacial score (nSPS) is 14.8. The van der Waals surface area contributed by atoms with Crippen molar-refractivity contribution in [3.05, 3.63) is 59.5 Å². The molecule has 0 radical (unpaired) electrons. The van der Waals surface area contributed by atoms with Gasteiger partial charge in [-0.2, -0.15) is 5.10 Å². The first-order chi connectivity index (χ1) is 15.2. The van der Waals surface area contributed by atoms with Crippen molar-refractivity contribution in [1.82, 2.24) is 20.2 Å². The van der Waals surface area contributed by atoms with Crippen LogP contribution in [0.5, 0.6) is 0 Å². The van der Waals surface area contributed by atoms with Crippen LogP contribution in [-0.4, -0.2) is 38.5 Å². The Hall–Kier alpha value is -4.01. The van der Waals surface area contributed by atoms with E-state index in [1.807, 2.05) is 39.0 Å². The van der Waals surface area contributed by atoms with Crippen molar-refractivity contribution in [1.29, 1.82) is 0 Å². The Morgan fingerprint density at radius 1 is 1.19 bits per heavy atom. The average molecular weight is 432 g/mol. The Labute approximate surface area is 182 Å². The number of nitrogens with one attached hydrogen (secondary N) is 3. The van der Waals surface area contributed by atoms with E-state index < -0.39 is 5.41 Å². The van der Waals surface area contributed by atoms with Crippen molar-refractivity contribution in [3.63, 3.8) is 0 Å². The van der Waals surface area contributed by atoms with Crippen LogP contribution < -0.4 is 10.2 Å². The van der Waals surface area contributed by atoms with E-state index in [1.165, 1.54) is 29.2 Å². The second-order valence-electron chi connectivity index (χ2n) is 8.48. The highest BCUT2D eigenvalue weighted by atomic mass is 19.1. The topological polar surface area (TPSA) is 107 Å². The second kappa shape index (κ2) is 7.01. The van der Waals surface area contributed by atoms with Gasteiger partial charge in [0.25, 0.3) is 0 Å². The fourth-order valence-electron chi connectivity index (χ4n) is 4.03. The number of nitrogens with zero attached hydrogens (tertiary/aromatic N) is 3. The number of aromatic amines is 2. The smallest absolute Gasteiger partial charge is 0.244 e. The molecule has 0 saturated heterocycles. The molecule has 1 aliphatic heterocycles. The number of anilines is 2. The number of rotatable bonds is 4. The lowest BCUT2D eigenvalue weighted by Gasteiger charge is -2.20. The van der Waals surface area contributed by atoms with Gasteiger partial charge in [-0.15, -0.1) is 0 Å². The first-order valence-electron chi connectivity index (χ1n) is 10.2. The summed E-state index contributed by atoms with van der Waals surface area (Å²) >= 11 is 0. The minimum Gasteiger partial charge on any atom is -0.337 e. The van der Waals surface area contributed by atoms with E-state index in [1.54, 1.807) is 0 Å². The SMILES string of the molecule is Cc1cc(-c2nc3cc4c(cc3[nH]2)C(C)(C)C(=O)N4CC(=O)Nc2ccc(F)cc2)n[nH]1. The third-order valence-corrected chi connectivity index (χ3v) is 5.72. The predicted molar refractivity (Wildman–Crippen MR) is 119 cm³/mol. The minimum atomic E-state index is -0.798. The standard InChI is InChI=1S/C23H21FN6O2/c1-12-8-18(29-28-12)21-26-16-9-15-19(10-17(16)27-21)30(22(32)23(15,2)3)11-20(31)25-14-6-4-13(24)5-7-14/h4-10H,11H2,1-3H3,(H,25,31)(H,26,27)(H,28,29). The van der Waals surface area contributed by atoms with Crippen molar-refractivity contribution >= 4 is 34.2 Å². The summed E-state index contributed by atoms with van der Waals surface area (Å²) in [6, 6.07) is 11.1. The third-order valence-electron chi connectivity index (χ3n) is 5.72. The molecule has 2 amide bonds. The van der Waals surface area contributed by atoms with E-state index in [4.69, 9.17) is 0 Å². The van der Waals surface area contributed by atoms with Gasteiger partial charge in [0.2, 0.25) is 11.8 Å². The summed E-state index contributed by atoms with van der Waals surface area (Å²) in [6.45, 7) is 5.43. The Morgan fingerprint density at radius 2 is 1.94 bits per heavy atom. The molecular weight excluding hydrogens is 411 g/mol. The molecule has 0 atom stereocenters. The summed E-state index contributed by atoms with van der Waals surface area (Å²) in [4.78, 5) is 35.2. The molecule has 5 rings (SSSR count). The average Bonchev–Trinajstić information content (AvgIpc) is 3.41. The summed E-state index contributed by atoms with van der Waals surface area (Å²) in [5, 5.41) is 9.85. The van der Waals surface area contributed by atoms with Crippen molar-refractivity contribution in [2.75, 3.05) is 16.8 Å². The molecule has 0 aliphatic carbocycles. The number of halogens is 1. The van der Waals surface area contributed by atoms with Crippen molar-refractivity contribution in [3.8, 4) is 11.5 Å². The monoisotopic (exact) mass is 432 g/mol. The number of benzene rings is 2. The molecule has 3 heterocycles. The van der Waals surface area contributed by atoms with Gasteiger partial charge in [-0.1, -0.05) is 0 Å². The van der Waals surface area contributed by atoms with Crippen molar-refractivity contribution in [2.24, 2.45) is 0 Å². The second-order valence-corrected chi connectivity index (χ2v) is 8.48. The number of amides is 2. The lowest BCUT2D eigenvalue weighted by atomic mass is 9.86. The van der Waals surface area contributed by atoms with Crippen LogP contribution in [0.1, 0.15) is 25.1 Å². The Balaban J connectivity index is 1.48. The molecule has 2 aromatic heterocycles. The number of hydrogen-bond donors (Lipinski definition) is 3. The van der Waals surface area contributed by atoms with Crippen LogP contribution in [0.15, 0.2) is 42.5 Å². The fraction of sp³-hybridized carbons (Fsp3) is 0.217. The van der Waals surface area contributed by atoms with E-state index in [0.29, 0.717) is 28.4 Å². The summed E-state index contributed by atoms with van der Waals surface area (Å²) in [7, 11) is 0. The summed E-state index contributed by atoms with van der Waals surface area (Å²) < 4.78 is 13.1. The number of carbonyl (C=O) groups excluding carboxylic acids is 2. The van der Waals surface area contributed by atoms with Gasteiger partial charge in [0.15, 0.2) is 5.82 Å². The van der Waals surface area contributed by atoms with Gasteiger partial charge in [-0.25, -0.2) is 9.37 Å². The molecule has 4 aromatic rings. The van der Waals surface area contributed by atoms with Gasteiger partial charge in [-0.3, -0.25) is 14.7 Å². The first-order valence-corrected chi connectivity index (χ1v) is 10.2. The minimum absolute atomic E-state index is 0.159. The van der Waals surface area contributed by atoms with Crippen molar-refractivity contribution < 1.29 is 14.0 Å². The maximum atomic E-state index is 13.2. The fourth-order valence-corrected chi connectivity index (χ4v) is 4.03. The van der Waals surface area contributed by atoms with E-state index in [0.717, 1.165) is 16.8 Å². The molecule has 1 aliphatic rings. The molecule has 162 valence electrons. The molecular formula is C23H21FN6O2. The zero-order valence-corrected chi connectivity index (χ0v) is 17.8. The highest BCUT2D eigenvalue weighted by Crippen LogP contribution is 2.43. The quantitative estimate of drug-likeness (QED) is 0.457. The maximum Gasteiger partial charge on any atom is 0.244 e. The van der Waals surface area contributed by atoms with Gasteiger partial charge < -0.3 is 15.2 Å². The van der Waals surface area contributed by atoms with Crippen LogP contribution in [0, 0.1) is 12.7 Å². The summed E-state index contributed by atoms with van der Waals surface area (Å²) in [5.74, 6) is -0.306. The van der Waals surface area contributed by atoms with Gasteiger partial charge in [0.05, 0.1) is 22.1 Å². The zero-order valence-electron chi connectivity index (χ0n) is 17.8. The summed E-state index contributed by atoms with van der Waals surface area (Å²) in [5.41, 5.74) is 4.22. The first kappa shape index (κ1) is 19.9. The van der Waals surface area contributed by atoms with Crippen LogP contribution >= 0.6 is 0 Å². The van der Waals surface area contributed by atoms with E-state index in [-0.39, 0.29) is 24.2 Å². The number of aryl methyl sites for hydroxylation is 1. The number of fused-ring (bicyclic) bond motifs is 2. The van der Waals surface area contributed by atoms with Crippen LogP contribution in [0.25, 0.3) is 22.6 Å². The van der Waals surface area contributed by atoms with Crippen LogP contribution in [0.3, 0.4) is 0 Å². The van der Waals surface area contributed by atoms with Gasteiger partial charge in [0.1, 0.15) is 18.1 Å². The van der Waals surface area contributed by atoms with Gasteiger partial charge >= 0.3 is 0 Å². The van der Waals surface area contributed by atoms with E-state index in [9.17, 15) is 14.0 Å². The van der Waals surface area contributed by atoms with Gasteiger partial charge in [0, 0.05) is 11.4 Å². The molecule has 32 heavy (non-hydrogen) atoms. The lowest BCUT2D eigenvalue weighted by Crippen LogP contribution is -2.40. The third kappa shape index (κ3) is 3.22. The number of carbonyl (C=O) groups is 2. The molecule has 0 saturated carbocycles. The molecule has 2 aromatic carbocycles. The zero-order chi connectivity index (χ0) is 22.6. The van der Waals surface area contributed by atoms with Crippen LogP contribution in [0.2, 0.25) is 0 Å². The predicted octanol–water partition coefficient (Wildman–Crippen LogP) is 3.66. The van der Waals surface area contributed by atoms with E-state index >= 15 is 0 Å². The van der Waals surface area contributed by atoms with Crippen LogP contribution in [-0.2, 0) is 15.0 Å². The molecule has 0 fully saturated rings. The molecule has 0 bridgehead atoms.